The summed E-state index contributed by atoms with van der Waals surface area (Å²) in [5.41, 5.74) is 3.86. The molecule has 0 spiro atoms. The third kappa shape index (κ3) is 4.79. The van der Waals surface area contributed by atoms with Gasteiger partial charge in [0.15, 0.2) is 6.54 Å². The summed E-state index contributed by atoms with van der Waals surface area (Å²) in [4.78, 5) is 48.5. The highest BCUT2D eigenvalue weighted by atomic mass is 16.6. The Morgan fingerprint density at radius 3 is 2.76 bits per heavy atom. The molecule has 1 N–H and O–H groups in total. The lowest BCUT2D eigenvalue weighted by molar-refractivity contribution is -0.129. The number of hydrogen-bond acceptors (Lipinski definition) is 6. The Labute approximate surface area is 168 Å². The number of carbonyl (C=O) groups excluding carboxylic acids is 3. The van der Waals surface area contributed by atoms with Gasteiger partial charge in [0.2, 0.25) is 11.8 Å². The number of aryl methyl sites for hydroxylation is 1. The number of nitrogens with one attached hydrogen (secondary N) is 1. The second-order valence-electron chi connectivity index (χ2n) is 7.16. The van der Waals surface area contributed by atoms with E-state index in [0.717, 1.165) is 22.4 Å². The van der Waals surface area contributed by atoms with Crippen molar-refractivity contribution in [2.75, 3.05) is 37.6 Å². The quantitative estimate of drug-likeness (QED) is 0.733. The summed E-state index contributed by atoms with van der Waals surface area (Å²) in [5.74, 6) is -0.424. The van der Waals surface area contributed by atoms with Crippen LogP contribution in [0, 0.1) is 11.8 Å². The molecule has 1 atom stereocenters. The zero-order valence-electron chi connectivity index (χ0n) is 16.5. The predicted octanol–water partition coefficient (Wildman–Crippen LogP) is 1.84. The highest BCUT2D eigenvalue weighted by Gasteiger charge is 2.33. The van der Waals surface area contributed by atoms with E-state index in [9.17, 15) is 19.3 Å². The van der Waals surface area contributed by atoms with Crippen LogP contribution >= 0.6 is 0 Å². The van der Waals surface area contributed by atoms with Crippen LogP contribution in [-0.2, 0) is 14.3 Å². The summed E-state index contributed by atoms with van der Waals surface area (Å²) < 4.78 is 5.33. The number of nitroso groups, excluding NO2 is 1. The molecule has 3 amide bonds. The summed E-state index contributed by atoms with van der Waals surface area (Å²) in [6.45, 7) is 4.69. The summed E-state index contributed by atoms with van der Waals surface area (Å²) in [5, 5.41) is 5.32. The largest absolute Gasteiger partial charge is 0.442 e. The lowest BCUT2D eigenvalue weighted by atomic mass is 9.97. The normalized spacial score (nSPS) is 18.9. The van der Waals surface area contributed by atoms with Gasteiger partial charge in [0.25, 0.3) is 0 Å². The Morgan fingerprint density at radius 2 is 2.14 bits per heavy atom. The summed E-state index contributed by atoms with van der Waals surface area (Å²) >= 11 is 0. The fraction of sp³-hybridized carbons (Fsp3) is 0.450. The van der Waals surface area contributed by atoms with Crippen molar-refractivity contribution in [2.45, 2.75) is 26.4 Å². The first kappa shape index (κ1) is 20.5. The maximum absolute atomic E-state index is 12.2. The van der Waals surface area contributed by atoms with Crippen LogP contribution in [0.25, 0.3) is 5.57 Å². The first-order valence-corrected chi connectivity index (χ1v) is 9.48. The topological polar surface area (TPSA) is 108 Å². The van der Waals surface area contributed by atoms with E-state index in [1.807, 2.05) is 31.2 Å². The highest BCUT2D eigenvalue weighted by molar-refractivity contribution is 5.91. The van der Waals surface area contributed by atoms with Crippen LogP contribution < -0.4 is 10.2 Å². The maximum atomic E-state index is 12.2. The molecule has 154 valence electrons. The average molecular weight is 400 g/mol. The lowest BCUT2D eigenvalue weighted by Gasteiger charge is -2.26. The number of benzene rings is 1. The number of nitrogens with zero attached hydrogens (tertiary/aromatic N) is 3. The number of rotatable bonds is 6. The molecule has 2 aliphatic rings. The fourth-order valence-corrected chi connectivity index (χ4v) is 3.55. The van der Waals surface area contributed by atoms with Gasteiger partial charge in [0.05, 0.1) is 18.8 Å². The van der Waals surface area contributed by atoms with E-state index >= 15 is 0 Å². The van der Waals surface area contributed by atoms with Crippen molar-refractivity contribution in [3.63, 3.8) is 0 Å². The van der Waals surface area contributed by atoms with Gasteiger partial charge in [-0.25, -0.2) is 4.79 Å². The number of amides is 3. The van der Waals surface area contributed by atoms with Crippen molar-refractivity contribution < 1.29 is 19.1 Å². The molecule has 2 aliphatic heterocycles. The Kier molecular flexibility index (Phi) is 6.26. The van der Waals surface area contributed by atoms with Crippen LogP contribution in [0.15, 0.2) is 29.5 Å². The van der Waals surface area contributed by atoms with Crippen LogP contribution in [0.3, 0.4) is 0 Å². The molecule has 1 aromatic carbocycles. The Hall–Kier alpha value is -3.23. The van der Waals surface area contributed by atoms with Crippen molar-refractivity contribution >= 4 is 29.2 Å². The lowest BCUT2D eigenvalue weighted by Crippen LogP contribution is -2.36. The van der Waals surface area contributed by atoms with E-state index in [4.69, 9.17) is 4.74 Å². The Morgan fingerprint density at radius 1 is 1.34 bits per heavy atom. The van der Waals surface area contributed by atoms with Gasteiger partial charge in [0, 0.05) is 20.0 Å². The predicted molar refractivity (Wildman–Crippen MR) is 107 cm³/mol. The molecular weight excluding hydrogens is 376 g/mol. The Bertz CT molecular complexity index is 866. The molecule has 1 aromatic rings. The van der Waals surface area contributed by atoms with Crippen LogP contribution in [0.5, 0.6) is 0 Å². The first-order valence-electron chi connectivity index (χ1n) is 9.48. The molecule has 9 nitrogen and oxygen atoms in total. The van der Waals surface area contributed by atoms with Crippen LogP contribution in [-0.4, -0.2) is 61.6 Å². The first-order chi connectivity index (χ1) is 13.9. The average Bonchev–Trinajstić information content (AvgIpc) is 3.07. The van der Waals surface area contributed by atoms with Crippen LogP contribution in [0.2, 0.25) is 0 Å². The summed E-state index contributed by atoms with van der Waals surface area (Å²) in [7, 11) is 0. The number of hydrogen-bond donors (Lipinski definition) is 1. The minimum Gasteiger partial charge on any atom is -0.442 e. The number of carbonyl (C=O) groups is 3. The van der Waals surface area contributed by atoms with Gasteiger partial charge in [-0.1, -0.05) is 17.3 Å². The summed E-state index contributed by atoms with van der Waals surface area (Å²) in [6.07, 6.45) is 1.87. The van der Waals surface area contributed by atoms with E-state index < -0.39 is 6.09 Å². The molecule has 0 saturated carbocycles. The number of cyclic esters (lactones) is 1. The molecule has 2 heterocycles. The van der Waals surface area contributed by atoms with Gasteiger partial charge in [-0.2, -0.15) is 4.91 Å². The van der Waals surface area contributed by atoms with Gasteiger partial charge in [-0.15, -0.1) is 0 Å². The molecule has 0 radical (unpaired) electrons. The second-order valence-corrected chi connectivity index (χ2v) is 7.16. The molecule has 3 rings (SSSR count). The second kappa shape index (κ2) is 8.85. The van der Waals surface area contributed by atoms with Crippen LogP contribution in [0.1, 0.15) is 24.5 Å². The van der Waals surface area contributed by atoms with Crippen molar-refractivity contribution in [2.24, 2.45) is 5.18 Å². The van der Waals surface area contributed by atoms with E-state index in [0.29, 0.717) is 26.1 Å². The van der Waals surface area contributed by atoms with Gasteiger partial charge in [-0.3, -0.25) is 14.5 Å². The van der Waals surface area contributed by atoms with E-state index in [1.165, 1.54) is 6.92 Å². The molecule has 0 aromatic heterocycles. The van der Waals surface area contributed by atoms with Crippen molar-refractivity contribution in [3.8, 4) is 0 Å². The SMILES string of the molecule is CC(=O)NC[C@H]1CN(c2ccc(C3=CCN(C(=O)CN=O)CC3)cc2C)C(=O)O1. The summed E-state index contributed by atoms with van der Waals surface area (Å²) in [6, 6.07) is 5.86. The third-order valence-electron chi connectivity index (χ3n) is 5.07. The number of ether oxygens (including phenoxy) is 1. The van der Waals surface area contributed by atoms with Gasteiger partial charge in [-0.05, 0) is 42.2 Å². The van der Waals surface area contributed by atoms with E-state index in [1.54, 1.807) is 9.80 Å². The smallest absolute Gasteiger partial charge is 0.414 e. The van der Waals surface area contributed by atoms with Gasteiger partial charge in [0.1, 0.15) is 6.10 Å². The minimum atomic E-state index is -0.425. The molecule has 0 bridgehead atoms. The van der Waals surface area contributed by atoms with Crippen molar-refractivity contribution in [3.05, 3.63) is 40.3 Å². The molecule has 29 heavy (non-hydrogen) atoms. The fourth-order valence-electron chi connectivity index (χ4n) is 3.55. The van der Waals surface area contributed by atoms with Gasteiger partial charge < -0.3 is 15.0 Å². The zero-order chi connectivity index (χ0) is 21.0. The van der Waals surface area contributed by atoms with Gasteiger partial charge >= 0.3 is 6.09 Å². The van der Waals surface area contributed by atoms with E-state index in [2.05, 4.69) is 10.5 Å². The van der Waals surface area contributed by atoms with Crippen molar-refractivity contribution in [1.29, 1.82) is 0 Å². The van der Waals surface area contributed by atoms with Crippen molar-refractivity contribution in [1.82, 2.24) is 10.2 Å². The molecular formula is C20H24N4O5. The maximum Gasteiger partial charge on any atom is 0.414 e. The molecule has 0 unspecified atom stereocenters. The molecule has 9 heteroatoms. The molecule has 0 aliphatic carbocycles. The monoisotopic (exact) mass is 400 g/mol. The van der Waals surface area contributed by atoms with Crippen LogP contribution in [0.4, 0.5) is 10.5 Å². The standard InChI is InChI=1S/C20H24N4O5/c1-13-9-16(15-5-7-23(8-6-15)19(26)11-22-28)3-4-18(13)24-12-17(29-20(24)27)10-21-14(2)25/h3-5,9,17H,6-8,10-12H2,1-2H3,(H,21,25)/t17-/m0/s1. The Balaban J connectivity index is 1.68. The molecule has 1 saturated heterocycles. The minimum absolute atomic E-state index is 0.163. The highest BCUT2D eigenvalue weighted by Crippen LogP contribution is 2.30. The third-order valence-corrected chi connectivity index (χ3v) is 5.07. The number of anilines is 1. The zero-order valence-corrected chi connectivity index (χ0v) is 16.5. The van der Waals surface area contributed by atoms with E-state index in [-0.39, 0.29) is 31.0 Å². The molecule has 1 fully saturated rings.